The van der Waals surface area contributed by atoms with Crippen LogP contribution in [0, 0.1) is 0 Å². The molecule has 0 fully saturated rings. The van der Waals surface area contributed by atoms with Gasteiger partial charge in [0.15, 0.2) is 0 Å². The largest absolute Gasteiger partial charge is 0.457 e. The third-order valence-electron chi connectivity index (χ3n) is 5.33. The second kappa shape index (κ2) is 6.50. The van der Waals surface area contributed by atoms with Gasteiger partial charge in [-0.2, -0.15) is 0 Å². The number of rotatable bonds is 4. The number of hydrogen-bond donors (Lipinski definition) is 0. The summed E-state index contributed by atoms with van der Waals surface area (Å²) in [4.78, 5) is 12.8. The van der Waals surface area contributed by atoms with E-state index >= 15 is 0 Å². The summed E-state index contributed by atoms with van der Waals surface area (Å²) in [5, 5.41) is 6.77. The van der Waals surface area contributed by atoms with Gasteiger partial charge in [-0.15, -0.1) is 0 Å². The lowest BCUT2D eigenvalue weighted by Gasteiger charge is -2.13. The molecule has 2 nitrogen and oxygen atoms in total. The number of ether oxygens (including phenoxy) is 1. The lowest BCUT2D eigenvalue weighted by Crippen LogP contribution is -2.06. The summed E-state index contributed by atoms with van der Waals surface area (Å²) in [5.41, 5.74) is 2.60. The molecule has 0 atom stereocenters. The van der Waals surface area contributed by atoms with Crippen LogP contribution in [-0.4, -0.2) is 5.97 Å². The third-order valence-corrected chi connectivity index (χ3v) is 5.33. The molecule has 0 aliphatic rings. The summed E-state index contributed by atoms with van der Waals surface area (Å²) < 4.78 is 5.61. The van der Waals surface area contributed by atoms with Gasteiger partial charge in [-0.1, -0.05) is 85.5 Å². The van der Waals surface area contributed by atoms with Crippen molar-refractivity contribution in [3.8, 4) is 0 Å². The van der Waals surface area contributed by atoms with Crippen LogP contribution >= 0.6 is 0 Å². The van der Waals surface area contributed by atoms with Crippen LogP contribution in [0.1, 0.15) is 21.5 Å². The Kier molecular flexibility index (Phi) is 3.84. The molecule has 0 bridgehead atoms. The van der Waals surface area contributed by atoms with E-state index in [9.17, 15) is 4.79 Å². The summed E-state index contributed by atoms with van der Waals surface area (Å²) >= 11 is 0. The summed E-state index contributed by atoms with van der Waals surface area (Å²) in [6.45, 7) is 4.00. The molecular weight excluding hydrogens is 344 g/mol. The molecule has 5 aromatic carbocycles. The van der Waals surface area contributed by atoms with E-state index < -0.39 is 0 Å². The normalized spacial score (nSPS) is 11.3. The van der Waals surface area contributed by atoms with Gasteiger partial charge in [0, 0.05) is 0 Å². The zero-order chi connectivity index (χ0) is 19.1. The molecule has 28 heavy (non-hydrogen) atoms. The number of hydrogen-bond acceptors (Lipinski definition) is 2. The Morgan fingerprint density at radius 3 is 2.14 bits per heavy atom. The molecule has 0 aromatic heterocycles. The van der Waals surface area contributed by atoms with Crippen molar-refractivity contribution in [2.24, 2.45) is 0 Å². The fourth-order valence-electron chi connectivity index (χ4n) is 3.89. The van der Waals surface area contributed by atoms with Crippen LogP contribution < -0.4 is 0 Å². The second-order valence-electron chi connectivity index (χ2n) is 6.99. The van der Waals surface area contributed by atoms with Crippen molar-refractivity contribution < 1.29 is 9.53 Å². The zero-order valence-electron chi connectivity index (χ0n) is 15.3. The molecule has 2 heteroatoms. The van der Waals surface area contributed by atoms with Crippen LogP contribution in [0.5, 0.6) is 0 Å². The van der Waals surface area contributed by atoms with Gasteiger partial charge in [0.1, 0.15) is 6.61 Å². The van der Waals surface area contributed by atoms with Gasteiger partial charge in [0.05, 0.1) is 5.56 Å². The lowest BCUT2D eigenvalue weighted by molar-refractivity contribution is 0.0475. The van der Waals surface area contributed by atoms with Crippen LogP contribution in [0.4, 0.5) is 0 Å². The van der Waals surface area contributed by atoms with E-state index in [1.54, 1.807) is 6.08 Å². The molecule has 0 saturated heterocycles. The van der Waals surface area contributed by atoms with Crippen LogP contribution in [-0.2, 0) is 11.3 Å². The Morgan fingerprint density at radius 1 is 0.786 bits per heavy atom. The number of carbonyl (C=O) groups excluding carboxylic acids is 1. The van der Waals surface area contributed by atoms with Gasteiger partial charge >= 0.3 is 5.97 Å². The summed E-state index contributed by atoms with van der Waals surface area (Å²) in [6, 6.07) is 26.3. The molecule has 0 saturated carbocycles. The van der Waals surface area contributed by atoms with Crippen LogP contribution in [0.25, 0.3) is 38.4 Å². The minimum Gasteiger partial charge on any atom is -0.457 e. The van der Waals surface area contributed by atoms with E-state index in [2.05, 4.69) is 43.0 Å². The fraction of sp³-hybridized carbons (Fsp3) is 0.0385. The maximum absolute atomic E-state index is 12.8. The van der Waals surface area contributed by atoms with Gasteiger partial charge in [-0.3, -0.25) is 0 Å². The summed E-state index contributed by atoms with van der Waals surface area (Å²) in [5.74, 6) is -0.300. The van der Waals surface area contributed by atoms with Crippen molar-refractivity contribution in [3.63, 3.8) is 0 Å². The molecule has 5 rings (SSSR count). The Labute approximate surface area is 163 Å². The smallest absolute Gasteiger partial charge is 0.339 e. The Bertz CT molecular complexity index is 1310. The molecule has 0 aliphatic carbocycles. The number of benzene rings is 5. The highest BCUT2D eigenvalue weighted by Crippen LogP contribution is 2.36. The molecule has 0 amide bonds. The Balaban J connectivity index is 1.54. The zero-order valence-corrected chi connectivity index (χ0v) is 15.3. The van der Waals surface area contributed by atoms with Crippen molar-refractivity contribution in [2.45, 2.75) is 6.61 Å². The predicted octanol–water partition coefficient (Wildman–Crippen LogP) is 6.58. The van der Waals surface area contributed by atoms with Crippen molar-refractivity contribution >= 4 is 44.4 Å². The molecule has 0 spiro atoms. The van der Waals surface area contributed by atoms with Crippen molar-refractivity contribution in [1.82, 2.24) is 0 Å². The topological polar surface area (TPSA) is 26.3 Å². The van der Waals surface area contributed by atoms with Gasteiger partial charge < -0.3 is 4.74 Å². The second-order valence-corrected chi connectivity index (χ2v) is 6.99. The average Bonchev–Trinajstić information content (AvgIpc) is 2.76. The van der Waals surface area contributed by atoms with E-state index in [1.165, 1.54) is 16.2 Å². The predicted molar refractivity (Wildman–Crippen MR) is 116 cm³/mol. The molecule has 5 aromatic rings. The minimum atomic E-state index is -0.300. The van der Waals surface area contributed by atoms with E-state index in [1.807, 2.05) is 42.5 Å². The van der Waals surface area contributed by atoms with E-state index in [0.29, 0.717) is 5.56 Å². The quantitative estimate of drug-likeness (QED) is 0.266. The van der Waals surface area contributed by atoms with Crippen molar-refractivity contribution in [1.29, 1.82) is 0 Å². The minimum absolute atomic E-state index is 0.248. The average molecular weight is 362 g/mol. The third kappa shape index (κ3) is 2.62. The van der Waals surface area contributed by atoms with Gasteiger partial charge in [-0.25, -0.2) is 4.79 Å². The van der Waals surface area contributed by atoms with E-state index in [0.717, 1.165) is 27.3 Å². The lowest BCUT2D eigenvalue weighted by atomic mass is 9.92. The fourth-order valence-corrected chi connectivity index (χ4v) is 3.89. The van der Waals surface area contributed by atoms with Crippen LogP contribution in [0.2, 0.25) is 0 Å². The van der Waals surface area contributed by atoms with Crippen molar-refractivity contribution in [2.75, 3.05) is 0 Å². The first-order valence-electron chi connectivity index (χ1n) is 9.29. The van der Waals surface area contributed by atoms with Gasteiger partial charge in [0.25, 0.3) is 0 Å². The number of esters is 1. The highest BCUT2D eigenvalue weighted by atomic mass is 16.5. The van der Waals surface area contributed by atoms with Gasteiger partial charge in [-0.05, 0) is 49.5 Å². The molecule has 0 heterocycles. The molecule has 0 aliphatic heterocycles. The maximum Gasteiger partial charge on any atom is 0.339 e. The SMILES string of the molecule is C=Cc1ccc(COC(=O)c2ccc3ccc4cccc5ccc2c3c45)cc1. The molecule has 0 N–H and O–H groups in total. The van der Waals surface area contributed by atoms with Crippen molar-refractivity contribution in [3.05, 3.63) is 102 Å². The summed E-state index contributed by atoms with van der Waals surface area (Å²) in [7, 11) is 0. The van der Waals surface area contributed by atoms with Crippen LogP contribution in [0.3, 0.4) is 0 Å². The molecule has 134 valence electrons. The first-order chi connectivity index (χ1) is 13.7. The molecule has 0 unspecified atom stereocenters. The molecular formula is C26H18O2. The van der Waals surface area contributed by atoms with Gasteiger partial charge in [0.2, 0.25) is 0 Å². The first kappa shape index (κ1) is 16.5. The van der Waals surface area contributed by atoms with E-state index in [4.69, 9.17) is 4.74 Å². The Hall–Kier alpha value is -3.65. The first-order valence-corrected chi connectivity index (χ1v) is 9.29. The monoisotopic (exact) mass is 362 g/mol. The summed E-state index contributed by atoms with van der Waals surface area (Å²) in [6.07, 6.45) is 1.79. The molecule has 0 radical (unpaired) electrons. The Morgan fingerprint density at radius 2 is 1.43 bits per heavy atom. The maximum atomic E-state index is 12.8. The standard InChI is InChI=1S/C26H18O2/c1-2-17-6-8-18(9-7-17)16-28-26(27)23-15-13-21-11-10-19-4-3-5-20-12-14-22(23)25(21)24(19)20/h2-15H,1,16H2. The van der Waals surface area contributed by atoms with Crippen LogP contribution in [0.15, 0.2) is 85.4 Å². The highest BCUT2D eigenvalue weighted by Gasteiger charge is 2.16. The van der Waals surface area contributed by atoms with E-state index in [-0.39, 0.29) is 12.6 Å². The highest BCUT2D eigenvalue weighted by molar-refractivity contribution is 6.25. The number of carbonyl (C=O) groups is 1.